The standard InChI is InChI=1S/C13H19N3.2C5H12.C5H8/c1-9-6-5-7-10(8-9)11(14)16-12(15)13(2,3)4;2*1-5(2,3)4;1-3-5-4-2/h5-8H,1-4H3,(H3,14,15,16);2*1-4H3;3-5H,1H2,2H3/b;;;5-4-. The van der Waals surface area contributed by atoms with Crippen LogP contribution in [0.2, 0.25) is 0 Å². The average Bonchev–Trinajstić information content (AvgIpc) is 2.52. The maximum atomic E-state index is 7.87. The fourth-order valence-corrected chi connectivity index (χ4v) is 1.28. The van der Waals surface area contributed by atoms with Gasteiger partial charge in [0.15, 0.2) is 5.84 Å². The molecule has 3 nitrogen and oxygen atoms in total. The largest absolute Gasteiger partial charge is 0.387 e. The van der Waals surface area contributed by atoms with E-state index >= 15 is 0 Å². The molecular weight excluding hydrogens is 378 g/mol. The minimum atomic E-state index is -0.198. The van der Waals surface area contributed by atoms with Crippen LogP contribution in [-0.2, 0) is 0 Å². The zero-order valence-electron chi connectivity index (χ0n) is 22.8. The first kappa shape index (κ1) is 33.5. The van der Waals surface area contributed by atoms with E-state index in [-0.39, 0.29) is 11.3 Å². The lowest BCUT2D eigenvalue weighted by atomic mass is 9.95. The van der Waals surface area contributed by atoms with Gasteiger partial charge >= 0.3 is 0 Å². The Balaban J connectivity index is -0.000000428. The lowest BCUT2D eigenvalue weighted by Crippen LogP contribution is -2.30. The zero-order chi connectivity index (χ0) is 25.5. The number of hydrogen-bond donors (Lipinski definition) is 2. The number of rotatable bonds is 2. The van der Waals surface area contributed by atoms with Crippen LogP contribution in [0.4, 0.5) is 0 Å². The van der Waals surface area contributed by atoms with E-state index in [1.54, 1.807) is 6.08 Å². The van der Waals surface area contributed by atoms with Gasteiger partial charge in [0.25, 0.3) is 0 Å². The van der Waals surface area contributed by atoms with E-state index < -0.39 is 0 Å². The van der Waals surface area contributed by atoms with Crippen LogP contribution in [0, 0.1) is 28.6 Å². The van der Waals surface area contributed by atoms with E-state index in [1.165, 1.54) is 0 Å². The van der Waals surface area contributed by atoms with Crippen LogP contribution >= 0.6 is 0 Å². The Morgan fingerprint density at radius 3 is 1.61 bits per heavy atom. The van der Waals surface area contributed by atoms with Crippen LogP contribution in [0.1, 0.15) is 94.2 Å². The smallest absolute Gasteiger partial charge is 0.153 e. The Morgan fingerprint density at radius 2 is 1.35 bits per heavy atom. The van der Waals surface area contributed by atoms with Crippen molar-refractivity contribution in [2.45, 2.75) is 90.0 Å². The highest BCUT2D eigenvalue weighted by Gasteiger charge is 2.16. The Kier molecular flexibility index (Phi) is 16.9. The maximum Gasteiger partial charge on any atom is 0.153 e. The molecule has 0 heterocycles. The maximum absolute atomic E-state index is 7.87. The van der Waals surface area contributed by atoms with Gasteiger partial charge in [-0.1, -0.05) is 125 Å². The van der Waals surface area contributed by atoms with Gasteiger partial charge in [-0.05, 0) is 30.7 Å². The summed E-state index contributed by atoms with van der Waals surface area (Å²) in [5.74, 6) is 0.704. The van der Waals surface area contributed by atoms with Gasteiger partial charge in [-0.25, -0.2) is 4.99 Å². The number of allylic oxidation sites excluding steroid dienone is 3. The van der Waals surface area contributed by atoms with E-state index in [0.29, 0.717) is 16.7 Å². The van der Waals surface area contributed by atoms with Gasteiger partial charge in [0.1, 0.15) is 5.84 Å². The normalized spacial score (nSPS) is 11.8. The molecule has 0 radical (unpaired) electrons. The molecule has 0 atom stereocenters. The molecule has 0 spiro atoms. The fraction of sp³-hybridized carbons (Fsp3) is 0.571. The number of nitrogens with zero attached hydrogens (tertiary/aromatic N) is 1. The van der Waals surface area contributed by atoms with Gasteiger partial charge in [-0.2, -0.15) is 0 Å². The van der Waals surface area contributed by atoms with Crippen molar-refractivity contribution in [3.8, 4) is 0 Å². The van der Waals surface area contributed by atoms with Crippen molar-refractivity contribution in [2.75, 3.05) is 0 Å². The third-order valence-corrected chi connectivity index (χ3v) is 2.62. The van der Waals surface area contributed by atoms with Crippen LogP contribution in [0.5, 0.6) is 0 Å². The average molecular weight is 430 g/mol. The number of hydrogen-bond acceptors (Lipinski definition) is 1. The van der Waals surface area contributed by atoms with Crippen molar-refractivity contribution in [2.24, 2.45) is 27.0 Å². The number of aryl methyl sites for hydroxylation is 1. The number of nitrogens with two attached hydrogens (primary N) is 1. The molecular formula is C28H51N3. The SMILES string of the molecule is C=C/C=C\C.CC(C)(C)C.CC(C)(C)C.Cc1cccc(C(=N)N=C(N)C(C)(C)C)c1. The monoisotopic (exact) mass is 429 g/mol. The highest BCUT2D eigenvalue weighted by molar-refractivity contribution is 6.05. The van der Waals surface area contributed by atoms with Crippen LogP contribution in [-0.4, -0.2) is 11.7 Å². The Hall–Kier alpha value is -2.16. The van der Waals surface area contributed by atoms with Crippen LogP contribution in [0.15, 0.2) is 54.1 Å². The van der Waals surface area contributed by atoms with Crippen molar-refractivity contribution < 1.29 is 0 Å². The number of amidine groups is 2. The minimum absolute atomic E-state index is 0.198. The van der Waals surface area contributed by atoms with E-state index in [0.717, 1.165) is 11.1 Å². The Morgan fingerprint density at radius 1 is 0.935 bits per heavy atom. The van der Waals surface area contributed by atoms with Gasteiger partial charge in [0.2, 0.25) is 0 Å². The highest BCUT2D eigenvalue weighted by Crippen LogP contribution is 2.14. The van der Waals surface area contributed by atoms with Crippen LogP contribution in [0.25, 0.3) is 0 Å². The summed E-state index contributed by atoms with van der Waals surface area (Å²) in [5, 5.41) is 7.87. The first-order chi connectivity index (χ1) is 13.7. The van der Waals surface area contributed by atoms with Gasteiger partial charge in [0.05, 0.1) is 0 Å². The van der Waals surface area contributed by atoms with E-state index in [9.17, 15) is 0 Å². The molecule has 3 N–H and O–H groups in total. The third kappa shape index (κ3) is 32.7. The second-order valence-electron chi connectivity index (χ2n) is 11.7. The molecule has 31 heavy (non-hydrogen) atoms. The predicted molar refractivity (Wildman–Crippen MR) is 144 cm³/mol. The summed E-state index contributed by atoms with van der Waals surface area (Å²) in [6, 6.07) is 7.71. The van der Waals surface area contributed by atoms with Gasteiger partial charge < -0.3 is 5.73 Å². The number of nitrogens with one attached hydrogen (secondary N) is 1. The quantitative estimate of drug-likeness (QED) is 0.276. The molecule has 0 unspecified atom stereocenters. The molecule has 0 fully saturated rings. The molecule has 0 amide bonds. The summed E-state index contributed by atoms with van der Waals surface area (Å²) >= 11 is 0. The van der Waals surface area contributed by atoms with Gasteiger partial charge in [-0.3, -0.25) is 5.41 Å². The molecule has 0 aliphatic carbocycles. The molecule has 178 valence electrons. The van der Waals surface area contributed by atoms with Crippen molar-refractivity contribution >= 4 is 11.7 Å². The first-order valence-electron chi connectivity index (χ1n) is 11.0. The molecule has 0 saturated heterocycles. The third-order valence-electron chi connectivity index (χ3n) is 2.62. The lowest BCUT2D eigenvalue weighted by molar-refractivity contribution is 0.469. The first-order valence-corrected chi connectivity index (χ1v) is 11.0. The topological polar surface area (TPSA) is 62.2 Å². The summed E-state index contributed by atoms with van der Waals surface area (Å²) in [4.78, 5) is 4.14. The summed E-state index contributed by atoms with van der Waals surface area (Å²) in [5.41, 5.74) is 8.55. The summed E-state index contributed by atoms with van der Waals surface area (Å²) in [6.07, 6.45) is 5.58. The van der Waals surface area contributed by atoms with Crippen molar-refractivity contribution in [1.82, 2.24) is 0 Å². The van der Waals surface area contributed by atoms with E-state index in [4.69, 9.17) is 11.1 Å². The van der Waals surface area contributed by atoms with E-state index in [2.05, 4.69) is 67.0 Å². The highest BCUT2D eigenvalue weighted by atomic mass is 14.9. The summed E-state index contributed by atoms with van der Waals surface area (Å²) in [6.45, 7) is 30.9. The fourth-order valence-electron chi connectivity index (χ4n) is 1.28. The molecule has 1 aromatic rings. The van der Waals surface area contributed by atoms with Gasteiger partial charge in [0, 0.05) is 11.0 Å². The molecule has 0 bridgehead atoms. The zero-order valence-corrected chi connectivity index (χ0v) is 22.8. The second kappa shape index (κ2) is 15.6. The number of benzene rings is 1. The van der Waals surface area contributed by atoms with Crippen LogP contribution in [0.3, 0.4) is 0 Å². The van der Waals surface area contributed by atoms with Crippen molar-refractivity contribution in [1.29, 1.82) is 5.41 Å². The molecule has 0 saturated carbocycles. The molecule has 1 aromatic carbocycles. The van der Waals surface area contributed by atoms with Gasteiger partial charge in [-0.15, -0.1) is 0 Å². The van der Waals surface area contributed by atoms with Crippen molar-refractivity contribution in [3.63, 3.8) is 0 Å². The summed E-state index contributed by atoms with van der Waals surface area (Å²) in [7, 11) is 0. The molecule has 1 rings (SSSR count). The number of aliphatic imine (C=N–C) groups is 1. The second-order valence-corrected chi connectivity index (χ2v) is 11.7. The predicted octanol–water partition coefficient (Wildman–Crippen LogP) is 8.58. The Bertz CT molecular complexity index is 664. The molecule has 0 aliphatic rings. The summed E-state index contributed by atoms with van der Waals surface area (Å²) < 4.78 is 0. The molecule has 3 heteroatoms. The molecule has 0 aromatic heterocycles. The minimum Gasteiger partial charge on any atom is -0.387 e. The van der Waals surface area contributed by atoms with Crippen molar-refractivity contribution in [3.05, 3.63) is 60.2 Å². The molecule has 0 aliphatic heterocycles. The van der Waals surface area contributed by atoms with E-state index in [1.807, 2.05) is 71.0 Å². The Labute approximate surface area is 194 Å². The lowest BCUT2D eigenvalue weighted by Gasteiger charge is -2.17. The van der Waals surface area contributed by atoms with Crippen LogP contribution < -0.4 is 5.73 Å².